The fourth-order valence-electron chi connectivity index (χ4n) is 1.74. The Balaban J connectivity index is 2.33. The van der Waals surface area contributed by atoms with Crippen LogP contribution in [0.2, 0.25) is 0 Å². The van der Waals surface area contributed by atoms with Crippen molar-refractivity contribution in [2.45, 2.75) is 10.9 Å². The second-order valence-electron chi connectivity index (χ2n) is 3.75. The number of aromatic nitrogens is 2. The molecule has 3 nitrogen and oxygen atoms in total. The standard InChI is InChI=1S/C12H14BrN3S/c1-16-12(10(13)7-15-16)11(14)8-3-5-9(17-2)6-4-8/h3-7,11H,14H2,1-2H3. The van der Waals surface area contributed by atoms with Crippen LogP contribution in [0, 0.1) is 0 Å². The van der Waals surface area contributed by atoms with E-state index in [1.807, 2.05) is 7.05 Å². The molecular formula is C12H14BrN3S. The lowest BCUT2D eigenvalue weighted by Crippen LogP contribution is -2.16. The Morgan fingerprint density at radius 2 is 2.00 bits per heavy atom. The molecule has 0 spiro atoms. The highest BCUT2D eigenvalue weighted by atomic mass is 79.9. The summed E-state index contributed by atoms with van der Waals surface area (Å²) in [5.41, 5.74) is 8.33. The van der Waals surface area contributed by atoms with Crippen LogP contribution in [0.5, 0.6) is 0 Å². The Bertz CT molecular complexity index is 487. The Morgan fingerprint density at radius 3 is 2.47 bits per heavy atom. The second kappa shape index (κ2) is 5.25. The fraction of sp³-hybridized carbons (Fsp3) is 0.250. The number of aryl methyl sites for hydroxylation is 1. The summed E-state index contributed by atoms with van der Waals surface area (Å²) in [5.74, 6) is 0. The Hall–Kier alpha value is -0.780. The predicted molar refractivity (Wildman–Crippen MR) is 75.2 cm³/mol. The molecule has 1 unspecified atom stereocenters. The van der Waals surface area contributed by atoms with Crippen molar-refractivity contribution in [1.29, 1.82) is 0 Å². The number of nitrogens with two attached hydrogens (primary N) is 1. The van der Waals surface area contributed by atoms with Crippen molar-refractivity contribution in [2.75, 3.05) is 6.26 Å². The number of hydrogen-bond acceptors (Lipinski definition) is 3. The highest BCUT2D eigenvalue weighted by Gasteiger charge is 2.16. The van der Waals surface area contributed by atoms with Crippen LogP contribution >= 0.6 is 27.7 Å². The summed E-state index contributed by atoms with van der Waals surface area (Å²) in [5, 5.41) is 4.18. The summed E-state index contributed by atoms with van der Waals surface area (Å²) in [6.07, 6.45) is 3.83. The lowest BCUT2D eigenvalue weighted by atomic mass is 10.1. The highest BCUT2D eigenvalue weighted by molar-refractivity contribution is 9.10. The predicted octanol–water partition coefficient (Wildman–Crippen LogP) is 2.95. The SMILES string of the molecule is CSc1ccc(C(N)c2c(Br)cnn2C)cc1. The summed E-state index contributed by atoms with van der Waals surface area (Å²) in [6.45, 7) is 0. The zero-order valence-electron chi connectivity index (χ0n) is 9.72. The van der Waals surface area contributed by atoms with Crippen LogP contribution in [0.3, 0.4) is 0 Å². The van der Waals surface area contributed by atoms with E-state index in [-0.39, 0.29) is 6.04 Å². The van der Waals surface area contributed by atoms with Gasteiger partial charge in [-0.3, -0.25) is 4.68 Å². The molecule has 1 aromatic carbocycles. The topological polar surface area (TPSA) is 43.8 Å². The van der Waals surface area contributed by atoms with Crippen LogP contribution in [0.1, 0.15) is 17.3 Å². The minimum Gasteiger partial charge on any atom is -0.319 e. The number of thioether (sulfide) groups is 1. The highest BCUT2D eigenvalue weighted by Crippen LogP contribution is 2.27. The maximum atomic E-state index is 6.26. The third-order valence-corrected chi connectivity index (χ3v) is 4.06. The van der Waals surface area contributed by atoms with Crippen molar-refractivity contribution in [1.82, 2.24) is 9.78 Å². The van der Waals surface area contributed by atoms with Gasteiger partial charge in [0.15, 0.2) is 0 Å². The van der Waals surface area contributed by atoms with Crippen LogP contribution in [-0.4, -0.2) is 16.0 Å². The van der Waals surface area contributed by atoms with Crippen LogP contribution in [0.4, 0.5) is 0 Å². The van der Waals surface area contributed by atoms with Crippen molar-refractivity contribution in [3.05, 3.63) is 46.2 Å². The van der Waals surface area contributed by atoms with Gasteiger partial charge in [0.2, 0.25) is 0 Å². The largest absolute Gasteiger partial charge is 0.319 e. The van der Waals surface area contributed by atoms with Gasteiger partial charge in [-0.1, -0.05) is 12.1 Å². The Kier molecular flexibility index (Phi) is 3.91. The van der Waals surface area contributed by atoms with E-state index in [0.717, 1.165) is 15.7 Å². The molecule has 1 aromatic heterocycles. The molecule has 2 rings (SSSR count). The van der Waals surface area contributed by atoms with Crippen LogP contribution in [0.15, 0.2) is 39.8 Å². The van der Waals surface area contributed by atoms with Gasteiger partial charge in [-0.15, -0.1) is 11.8 Å². The molecule has 2 N–H and O–H groups in total. The van der Waals surface area contributed by atoms with Crippen molar-refractivity contribution < 1.29 is 0 Å². The zero-order chi connectivity index (χ0) is 12.4. The lowest BCUT2D eigenvalue weighted by Gasteiger charge is -2.13. The number of nitrogens with zero attached hydrogens (tertiary/aromatic N) is 2. The molecular weight excluding hydrogens is 298 g/mol. The Labute approximate surface area is 114 Å². The van der Waals surface area contributed by atoms with Crippen molar-refractivity contribution in [3.8, 4) is 0 Å². The lowest BCUT2D eigenvalue weighted by molar-refractivity contribution is 0.671. The van der Waals surface area contributed by atoms with Gasteiger partial charge >= 0.3 is 0 Å². The van der Waals surface area contributed by atoms with Gasteiger partial charge in [0.05, 0.1) is 22.4 Å². The van der Waals surface area contributed by atoms with E-state index >= 15 is 0 Å². The molecule has 17 heavy (non-hydrogen) atoms. The maximum Gasteiger partial charge on any atom is 0.0735 e. The molecule has 0 radical (unpaired) electrons. The molecule has 90 valence electrons. The van der Waals surface area contributed by atoms with E-state index < -0.39 is 0 Å². The number of halogens is 1. The van der Waals surface area contributed by atoms with Crippen molar-refractivity contribution >= 4 is 27.7 Å². The molecule has 0 aliphatic carbocycles. The molecule has 1 atom stereocenters. The van der Waals surface area contributed by atoms with Crippen LogP contribution < -0.4 is 5.73 Å². The van der Waals surface area contributed by atoms with Gasteiger partial charge in [0.25, 0.3) is 0 Å². The Morgan fingerprint density at radius 1 is 1.35 bits per heavy atom. The van der Waals surface area contributed by atoms with Gasteiger partial charge in [0.1, 0.15) is 0 Å². The molecule has 1 heterocycles. The quantitative estimate of drug-likeness (QED) is 0.886. The normalized spacial score (nSPS) is 12.7. The number of benzene rings is 1. The molecule has 2 aromatic rings. The molecule has 0 aliphatic heterocycles. The second-order valence-corrected chi connectivity index (χ2v) is 5.49. The zero-order valence-corrected chi connectivity index (χ0v) is 12.1. The first-order valence-electron chi connectivity index (χ1n) is 5.20. The van der Waals surface area contributed by atoms with E-state index in [1.54, 1.807) is 22.6 Å². The van der Waals surface area contributed by atoms with Crippen molar-refractivity contribution in [2.24, 2.45) is 12.8 Å². The van der Waals surface area contributed by atoms with Crippen LogP contribution in [-0.2, 0) is 7.05 Å². The smallest absolute Gasteiger partial charge is 0.0735 e. The minimum atomic E-state index is -0.159. The maximum absolute atomic E-state index is 6.26. The van der Waals surface area contributed by atoms with Crippen LogP contribution in [0.25, 0.3) is 0 Å². The molecule has 0 aliphatic rings. The van der Waals surface area contributed by atoms with Gasteiger partial charge in [-0.2, -0.15) is 5.10 Å². The summed E-state index contributed by atoms with van der Waals surface area (Å²) < 4.78 is 2.75. The first-order chi connectivity index (χ1) is 8.13. The van der Waals surface area contributed by atoms with Crippen molar-refractivity contribution in [3.63, 3.8) is 0 Å². The van der Waals surface area contributed by atoms with Gasteiger partial charge in [-0.05, 0) is 39.9 Å². The molecule has 5 heteroatoms. The molecule has 0 fully saturated rings. The van der Waals surface area contributed by atoms with Gasteiger partial charge in [0, 0.05) is 11.9 Å². The third kappa shape index (κ3) is 2.56. The van der Waals surface area contributed by atoms with E-state index in [1.165, 1.54) is 4.90 Å². The minimum absolute atomic E-state index is 0.159. The van der Waals surface area contributed by atoms with E-state index in [0.29, 0.717) is 0 Å². The summed E-state index contributed by atoms with van der Waals surface area (Å²) in [4.78, 5) is 1.24. The average molecular weight is 312 g/mol. The third-order valence-electron chi connectivity index (χ3n) is 2.71. The monoisotopic (exact) mass is 311 g/mol. The van der Waals surface area contributed by atoms with E-state index in [2.05, 4.69) is 51.5 Å². The van der Waals surface area contributed by atoms with E-state index in [9.17, 15) is 0 Å². The summed E-state index contributed by atoms with van der Waals surface area (Å²) in [7, 11) is 1.90. The first kappa shape index (κ1) is 12.7. The van der Waals surface area contributed by atoms with E-state index in [4.69, 9.17) is 5.73 Å². The first-order valence-corrected chi connectivity index (χ1v) is 7.22. The molecule has 0 saturated carbocycles. The number of hydrogen-bond donors (Lipinski definition) is 1. The average Bonchev–Trinajstić information content (AvgIpc) is 2.68. The molecule has 0 amide bonds. The molecule has 0 saturated heterocycles. The summed E-state index contributed by atoms with van der Waals surface area (Å²) >= 11 is 5.20. The molecule has 0 bridgehead atoms. The van der Waals surface area contributed by atoms with Gasteiger partial charge < -0.3 is 5.73 Å². The van der Waals surface area contributed by atoms with Gasteiger partial charge in [-0.25, -0.2) is 0 Å². The fourth-order valence-corrected chi connectivity index (χ4v) is 2.74. The summed E-state index contributed by atoms with van der Waals surface area (Å²) in [6, 6.07) is 8.15. The number of rotatable bonds is 3.